The van der Waals surface area contributed by atoms with Crippen LogP contribution in [0.4, 0.5) is 0 Å². The molecular formula is C28H33NO. The molecule has 1 fully saturated rings. The Labute approximate surface area is 181 Å². The Hall–Kier alpha value is -2.42. The summed E-state index contributed by atoms with van der Waals surface area (Å²) in [4.78, 5) is 0. The molecule has 30 heavy (non-hydrogen) atoms. The molecule has 1 unspecified atom stereocenters. The second kappa shape index (κ2) is 9.59. The van der Waals surface area contributed by atoms with Gasteiger partial charge in [-0.1, -0.05) is 79.2 Å². The van der Waals surface area contributed by atoms with E-state index in [4.69, 9.17) is 0 Å². The molecule has 2 aromatic rings. The van der Waals surface area contributed by atoms with Crippen LogP contribution in [0.15, 0.2) is 77.9 Å². The highest BCUT2D eigenvalue weighted by Crippen LogP contribution is 2.36. The number of hydrogen-bond acceptors (Lipinski definition) is 2. The summed E-state index contributed by atoms with van der Waals surface area (Å²) in [6.45, 7) is 6.77. The molecule has 4 rings (SSSR count). The lowest BCUT2D eigenvalue weighted by Gasteiger charge is -2.28. The Kier molecular flexibility index (Phi) is 6.66. The lowest BCUT2D eigenvalue weighted by Crippen LogP contribution is -2.39. The Morgan fingerprint density at radius 1 is 1.00 bits per heavy atom. The number of aliphatic hydroxyl groups excluding tert-OH is 1. The number of hydrogen-bond donors (Lipinski definition) is 2. The van der Waals surface area contributed by atoms with Gasteiger partial charge in [-0.3, -0.25) is 0 Å². The van der Waals surface area contributed by atoms with Crippen molar-refractivity contribution in [2.45, 2.75) is 39.0 Å². The fraction of sp³-hybridized carbons (Fsp3) is 0.357. The largest absolute Gasteiger partial charge is 0.396 e. The average molecular weight is 400 g/mol. The van der Waals surface area contributed by atoms with Gasteiger partial charge in [-0.15, -0.1) is 0 Å². The SMILES string of the molecule is Cc1ccc(/C(=C(\CCCO)C2=CCC(C)C=C2)c2ccc(C3CNC3)cc2)cc1. The molecule has 2 aromatic carbocycles. The molecule has 0 bridgehead atoms. The summed E-state index contributed by atoms with van der Waals surface area (Å²) in [5, 5.41) is 12.9. The number of aliphatic hydroxyl groups is 1. The Morgan fingerprint density at radius 2 is 1.67 bits per heavy atom. The molecule has 1 atom stereocenters. The smallest absolute Gasteiger partial charge is 0.0434 e. The van der Waals surface area contributed by atoms with Crippen LogP contribution in [0.1, 0.15) is 54.4 Å². The quantitative estimate of drug-likeness (QED) is 0.619. The first-order valence-electron chi connectivity index (χ1n) is 11.3. The molecule has 1 saturated heterocycles. The molecule has 2 N–H and O–H groups in total. The van der Waals surface area contributed by atoms with Crippen LogP contribution in [0.2, 0.25) is 0 Å². The van der Waals surface area contributed by atoms with Crippen LogP contribution in [0.25, 0.3) is 5.57 Å². The van der Waals surface area contributed by atoms with Crippen LogP contribution in [0.3, 0.4) is 0 Å². The topological polar surface area (TPSA) is 32.3 Å². The molecule has 1 heterocycles. The van der Waals surface area contributed by atoms with Crippen LogP contribution in [0.5, 0.6) is 0 Å². The number of rotatable bonds is 7. The highest BCUT2D eigenvalue weighted by molar-refractivity contribution is 5.85. The van der Waals surface area contributed by atoms with Gasteiger partial charge < -0.3 is 10.4 Å². The molecular weight excluding hydrogens is 366 g/mol. The number of aryl methyl sites for hydroxylation is 1. The first-order chi connectivity index (χ1) is 14.7. The zero-order valence-corrected chi connectivity index (χ0v) is 18.2. The van der Waals surface area contributed by atoms with Crippen molar-refractivity contribution in [2.24, 2.45) is 5.92 Å². The van der Waals surface area contributed by atoms with E-state index in [1.807, 2.05) is 0 Å². The van der Waals surface area contributed by atoms with Crippen molar-refractivity contribution < 1.29 is 5.11 Å². The highest BCUT2D eigenvalue weighted by Gasteiger charge is 2.20. The molecule has 0 aromatic heterocycles. The maximum absolute atomic E-state index is 9.58. The van der Waals surface area contributed by atoms with Crippen molar-refractivity contribution >= 4 is 5.57 Å². The van der Waals surface area contributed by atoms with E-state index in [9.17, 15) is 5.11 Å². The van der Waals surface area contributed by atoms with E-state index in [1.54, 1.807) is 0 Å². The van der Waals surface area contributed by atoms with Crippen molar-refractivity contribution in [3.05, 3.63) is 100 Å². The third-order valence-electron chi connectivity index (χ3n) is 6.34. The van der Waals surface area contributed by atoms with Gasteiger partial charge >= 0.3 is 0 Å². The fourth-order valence-corrected chi connectivity index (χ4v) is 4.30. The molecule has 0 radical (unpaired) electrons. The van der Waals surface area contributed by atoms with Gasteiger partial charge in [0.2, 0.25) is 0 Å². The first kappa shape index (κ1) is 20.8. The summed E-state index contributed by atoms with van der Waals surface area (Å²) in [6, 6.07) is 18.0. The lowest BCUT2D eigenvalue weighted by molar-refractivity contribution is 0.289. The fourth-order valence-electron chi connectivity index (χ4n) is 4.30. The van der Waals surface area contributed by atoms with Gasteiger partial charge in [0.15, 0.2) is 0 Å². The maximum atomic E-state index is 9.58. The summed E-state index contributed by atoms with van der Waals surface area (Å²) in [5.74, 6) is 1.23. The summed E-state index contributed by atoms with van der Waals surface area (Å²) >= 11 is 0. The molecule has 2 heteroatoms. The van der Waals surface area contributed by atoms with E-state index in [1.165, 1.54) is 39.0 Å². The van der Waals surface area contributed by atoms with Crippen molar-refractivity contribution in [2.75, 3.05) is 19.7 Å². The first-order valence-corrected chi connectivity index (χ1v) is 11.3. The van der Waals surface area contributed by atoms with E-state index in [2.05, 4.69) is 85.9 Å². The normalized spacial score (nSPS) is 19.8. The second-order valence-electron chi connectivity index (χ2n) is 8.76. The third kappa shape index (κ3) is 4.66. The zero-order valence-electron chi connectivity index (χ0n) is 18.2. The monoisotopic (exact) mass is 399 g/mol. The minimum atomic E-state index is 0.214. The van der Waals surface area contributed by atoms with Crippen LogP contribution in [0, 0.1) is 12.8 Å². The van der Waals surface area contributed by atoms with Crippen LogP contribution < -0.4 is 5.32 Å². The lowest BCUT2D eigenvalue weighted by atomic mass is 9.83. The number of benzene rings is 2. The van der Waals surface area contributed by atoms with Crippen molar-refractivity contribution in [1.29, 1.82) is 0 Å². The van der Waals surface area contributed by atoms with Gasteiger partial charge in [0.05, 0.1) is 0 Å². The molecule has 0 spiro atoms. The standard InChI is InChI=1S/C28H33NO/c1-20-5-9-23(10-6-20)27(4-3-17-30)28(24-11-7-21(2)8-12-24)25-15-13-22(14-16-25)26-18-29-19-26/h5,7-16,20,26,29-30H,3-4,6,17-19H2,1-2H3/b28-27-. The summed E-state index contributed by atoms with van der Waals surface area (Å²) < 4.78 is 0. The highest BCUT2D eigenvalue weighted by atomic mass is 16.2. The molecule has 2 nitrogen and oxygen atoms in total. The van der Waals surface area contributed by atoms with Gasteiger partial charge in [-0.05, 0) is 65.5 Å². The molecule has 1 aliphatic heterocycles. The minimum absolute atomic E-state index is 0.214. The third-order valence-corrected chi connectivity index (χ3v) is 6.34. The van der Waals surface area contributed by atoms with Crippen molar-refractivity contribution in [1.82, 2.24) is 5.32 Å². The Morgan fingerprint density at radius 3 is 2.20 bits per heavy atom. The van der Waals surface area contributed by atoms with E-state index in [0.717, 1.165) is 32.4 Å². The van der Waals surface area contributed by atoms with E-state index in [0.29, 0.717) is 11.8 Å². The van der Waals surface area contributed by atoms with Crippen LogP contribution in [-0.4, -0.2) is 24.8 Å². The number of allylic oxidation sites excluding steroid dienone is 5. The van der Waals surface area contributed by atoms with Gasteiger partial charge in [-0.2, -0.15) is 0 Å². The average Bonchev–Trinajstić information content (AvgIpc) is 2.72. The Bertz CT molecular complexity index is 943. The molecule has 0 saturated carbocycles. The maximum Gasteiger partial charge on any atom is 0.0434 e. The second-order valence-corrected chi connectivity index (χ2v) is 8.76. The minimum Gasteiger partial charge on any atom is -0.396 e. The molecule has 0 amide bonds. The van der Waals surface area contributed by atoms with E-state index in [-0.39, 0.29) is 6.61 Å². The summed E-state index contributed by atoms with van der Waals surface area (Å²) in [7, 11) is 0. The van der Waals surface area contributed by atoms with Crippen LogP contribution >= 0.6 is 0 Å². The predicted octanol–water partition coefficient (Wildman–Crippen LogP) is 5.78. The predicted molar refractivity (Wildman–Crippen MR) is 127 cm³/mol. The van der Waals surface area contributed by atoms with Gasteiger partial charge in [-0.25, -0.2) is 0 Å². The van der Waals surface area contributed by atoms with E-state index < -0.39 is 0 Å². The summed E-state index contributed by atoms with van der Waals surface area (Å²) in [5.41, 5.74) is 9.15. The molecule has 156 valence electrons. The van der Waals surface area contributed by atoms with Gasteiger partial charge in [0.1, 0.15) is 0 Å². The number of nitrogens with one attached hydrogen (secondary N) is 1. The van der Waals surface area contributed by atoms with Crippen molar-refractivity contribution in [3.63, 3.8) is 0 Å². The van der Waals surface area contributed by atoms with E-state index >= 15 is 0 Å². The van der Waals surface area contributed by atoms with Crippen LogP contribution in [-0.2, 0) is 0 Å². The van der Waals surface area contributed by atoms with Crippen molar-refractivity contribution in [3.8, 4) is 0 Å². The zero-order chi connectivity index (χ0) is 20.9. The Balaban J connectivity index is 1.82. The molecule has 2 aliphatic rings. The van der Waals surface area contributed by atoms with Gasteiger partial charge in [0, 0.05) is 25.6 Å². The molecule has 1 aliphatic carbocycles. The summed E-state index contributed by atoms with van der Waals surface area (Å²) in [6.07, 6.45) is 9.69. The van der Waals surface area contributed by atoms with Gasteiger partial charge in [0.25, 0.3) is 0 Å².